The molecule has 0 aromatic carbocycles. The smallest absolute Gasteiger partial charge is 0.343 e. The van der Waals surface area contributed by atoms with Crippen molar-refractivity contribution in [1.82, 2.24) is 0 Å². The summed E-state index contributed by atoms with van der Waals surface area (Å²) in [5.74, 6) is -3.35. The third kappa shape index (κ3) is 8.41. The molecule has 5 unspecified atom stereocenters. The van der Waals surface area contributed by atoms with Gasteiger partial charge in [-0.3, -0.25) is 0 Å². The molecule has 0 saturated heterocycles. The van der Waals surface area contributed by atoms with Crippen LogP contribution in [0.1, 0.15) is 13.3 Å². The Bertz CT molecular complexity index is 317. The van der Waals surface area contributed by atoms with Gasteiger partial charge in [0.1, 0.15) is 12.8 Å². The van der Waals surface area contributed by atoms with Gasteiger partial charge in [-0.15, -0.1) is 0 Å². The summed E-state index contributed by atoms with van der Waals surface area (Å²) in [6, 6.07) is 0. The first-order chi connectivity index (χ1) is 9.63. The van der Waals surface area contributed by atoms with Crippen LogP contribution in [0, 0.1) is 0 Å². The maximum absolute atomic E-state index is 12.3. The van der Waals surface area contributed by atoms with Crippen LogP contribution in [-0.4, -0.2) is 61.7 Å². The molecule has 0 aromatic rings. The Hall–Kier alpha value is -1.48. The first kappa shape index (κ1) is 21.8. The highest BCUT2D eigenvalue weighted by Gasteiger charge is 2.33. The van der Waals surface area contributed by atoms with Gasteiger partial charge in [0.25, 0.3) is 0 Å². The molecule has 0 aromatic heterocycles. The van der Waals surface area contributed by atoms with Gasteiger partial charge in [-0.25, -0.2) is 35.9 Å². The molecule has 0 aliphatic rings. The molecule has 0 aliphatic carbocycles. The summed E-state index contributed by atoms with van der Waals surface area (Å²) in [6.07, 6.45) is -12.5. The first-order valence-corrected chi connectivity index (χ1v) is 5.70. The van der Waals surface area contributed by atoms with Crippen molar-refractivity contribution in [2.75, 3.05) is 13.8 Å². The molecule has 1 N–H and O–H groups in total. The van der Waals surface area contributed by atoms with Gasteiger partial charge in [0.2, 0.25) is 12.3 Å². The Balaban J connectivity index is 0. The standard InChI is InChI=1S/C6H9F3O2.C5H7F3O2/c1-2-3(7)4(8)5(9)6(10)11;1-10-5(9)4(8)3(7)2-6/h3-5H,2H2,1H3,(H,10,11);3-4H,2H2,1H3. The Labute approximate surface area is 117 Å². The number of halogens is 6. The third-order valence-electron chi connectivity index (χ3n) is 2.14. The molecule has 0 amide bonds. The van der Waals surface area contributed by atoms with E-state index in [0.717, 1.165) is 7.11 Å². The van der Waals surface area contributed by atoms with Crippen molar-refractivity contribution >= 4 is 11.9 Å². The van der Waals surface area contributed by atoms with E-state index < -0.39 is 49.5 Å². The zero-order valence-electron chi connectivity index (χ0n) is 11.2. The normalized spacial score (nSPS) is 17.5. The second-order valence-electron chi connectivity index (χ2n) is 3.70. The lowest BCUT2D eigenvalue weighted by Crippen LogP contribution is -2.33. The highest BCUT2D eigenvalue weighted by Crippen LogP contribution is 2.14. The number of carbonyl (C=O) groups excluding carboxylic acids is 1. The summed E-state index contributed by atoms with van der Waals surface area (Å²) in [6.45, 7) is -0.206. The highest BCUT2D eigenvalue weighted by atomic mass is 19.2. The summed E-state index contributed by atoms with van der Waals surface area (Å²) in [7, 11) is 0.903. The molecule has 10 heteroatoms. The van der Waals surface area contributed by atoms with E-state index in [4.69, 9.17) is 5.11 Å². The molecule has 0 aliphatic heterocycles. The molecule has 0 heterocycles. The molecule has 0 bridgehead atoms. The topological polar surface area (TPSA) is 63.6 Å². The van der Waals surface area contributed by atoms with E-state index in [1.807, 2.05) is 0 Å². The van der Waals surface area contributed by atoms with Crippen molar-refractivity contribution in [1.29, 1.82) is 0 Å². The van der Waals surface area contributed by atoms with E-state index in [1.165, 1.54) is 6.92 Å². The van der Waals surface area contributed by atoms with Crippen LogP contribution >= 0.6 is 0 Å². The molecule has 0 saturated carbocycles. The van der Waals surface area contributed by atoms with Gasteiger partial charge in [-0.1, -0.05) is 6.92 Å². The van der Waals surface area contributed by atoms with Crippen LogP contribution in [0.25, 0.3) is 0 Å². The maximum atomic E-state index is 12.3. The van der Waals surface area contributed by atoms with Crippen molar-refractivity contribution < 1.29 is 45.8 Å². The van der Waals surface area contributed by atoms with Crippen LogP contribution in [0.5, 0.6) is 0 Å². The zero-order chi connectivity index (χ0) is 17.2. The van der Waals surface area contributed by atoms with Crippen molar-refractivity contribution in [3.8, 4) is 0 Å². The lowest BCUT2D eigenvalue weighted by molar-refractivity contribution is -0.149. The summed E-state index contributed by atoms with van der Waals surface area (Å²) in [5, 5.41) is 7.92. The van der Waals surface area contributed by atoms with Crippen LogP contribution in [0.2, 0.25) is 0 Å². The summed E-state index contributed by atoms with van der Waals surface area (Å²) >= 11 is 0. The fourth-order valence-electron chi connectivity index (χ4n) is 0.883. The predicted octanol–water partition coefficient (Wildman–Crippen LogP) is 2.30. The minimum atomic E-state index is -2.76. The average molecular weight is 326 g/mol. The number of carboxylic acid groups (broad SMARTS) is 1. The van der Waals surface area contributed by atoms with Gasteiger partial charge < -0.3 is 9.84 Å². The number of methoxy groups -OCH3 is 1. The van der Waals surface area contributed by atoms with Gasteiger partial charge in [0, 0.05) is 0 Å². The van der Waals surface area contributed by atoms with E-state index >= 15 is 0 Å². The van der Waals surface area contributed by atoms with E-state index in [2.05, 4.69) is 4.74 Å². The van der Waals surface area contributed by atoms with Crippen molar-refractivity contribution in [3.63, 3.8) is 0 Å². The van der Waals surface area contributed by atoms with Gasteiger partial charge >= 0.3 is 11.9 Å². The molecular formula is C11H16F6O4. The zero-order valence-corrected chi connectivity index (χ0v) is 11.2. The lowest BCUT2D eigenvalue weighted by Gasteiger charge is -2.12. The minimum absolute atomic E-state index is 0.227. The van der Waals surface area contributed by atoms with Crippen LogP contribution in [-0.2, 0) is 14.3 Å². The van der Waals surface area contributed by atoms with Crippen LogP contribution < -0.4 is 0 Å². The van der Waals surface area contributed by atoms with Crippen LogP contribution in [0.3, 0.4) is 0 Å². The Morgan fingerprint density at radius 3 is 1.81 bits per heavy atom. The second-order valence-corrected chi connectivity index (χ2v) is 3.70. The number of carboxylic acids is 1. The first-order valence-electron chi connectivity index (χ1n) is 5.70. The van der Waals surface area contributed by atoms with Crippen molar-refractivity contribution in [2.45, 2.75) is 44.2 Å². The van der Waals surface area contributed by atoms with E-state index in [0.29, 0.717) is 0 Å². The molecule has 0 fully saturated rings. The van der Waals surface area contributed by atoms with Crippen molar-refractivity contribution in [2.24, 2.45) is 0 Å². The number of esters is 1. The minimum Gasteiger partial charge on any atom is -0.479 e. The van der Waals surface area contributed by atoms with E-state index in [-0.39, 0.29) is 6.42 Å². The molecular weight excluding hydrogens is 310 g/mol. The number of hydrogen-bond acceptors (Lipinski definition) is 3. The summed E-state index contributed by atoms with van der Waals surface area (Å²) in [5.41, 5.74) is 0. The fraction of sp³-hybridized carbons (Fsp3) is 0.818. The number of alkyl halides is 6. The van der Waals surface area contributed by atoms with E-state index in [1.54, 1.807) is 0 Å². The Morgan fingerprint density at radius 2 is 1.52 bits per heavy atom. The Kier molecular flexibility index (Phi) is 11.6. The summed E-state index contributed by atoms with van der Waals surface area (Å²) < 4.78 is 75.8. The largest absolute Gasteiger partial charge is 0.479 e. The third-order valence-corrected chi connectivity index (χ3v) is 2.14. The van der Waals surface area contributed by atoms with Crippen LogP contribution in [0.15, 0.2) is 0 Å². The quantitative estimate of drug-likeness (QED) is 0.576. The number of aliphatic carboxylic acids is 1. The number of rotatable bonds is 7. The fourth-order valence-corrected chi connectivity index (χ4v) is 0.883. The average Bonchev–Trinajstić information content (AvgIpc) is 2.50. The summed E-state index contributed by atoms with van der Waals surface area (Å²) in [4.78, 5) is 19.9. The van der Waals surface area contributed by atoms with Gasteiger partial charge in [-0.2, -0.15) is 0 Å². The molecule has 0 radical (unpaired) electrons. The molecule has 5 atom stereocenters. The molecule has 126 valence electrons. The van der Waals surface area contributed by atoms with Crippen LogP contribution in [0.4, 0.5) is 26.3 Å². The molecule has 0 spiro atoms. The SMILES string of the molecule is CCC(F)C(F)C(F)C(=O)O.COC(=O)C(F)C(F)CF. The van der Waals surface area contributed by atoms with E-state index in [9.17, 15) is 35.9 Å². The number of hydrogen-bond donors (Lipinski definition) is 1. The lowest BCUT2D eigenvalue weighted by atomic mass is 10.1. The highest BCUT2D eigenvalue weighted by molar-refractivity contribution is 5.75. The van der Waals surface area contributed by atoms with Gasteiger partial charge in [0.05, 0.1) is 7.11 Å². The van der Waals surface area contributed by atoms with Gasteiger partial charge in [-0.05, 0) is 6.42 Å². The second kappa shape index (κ2) is 11.2. The molecule has 21 heavy (non-hydrogen) atoms. The number of carbonyl (C=O) groups is 2. The van der Waals surface area contributed by atoms with Crippen molar-refractivity contribution in [3.05, 3.63) is 0 Å². The molecule has 4 nitrogen and oxygen atoms in total. The maximum Gasteiger partial charge on any atom is 0.343 e. The van der Waals surface area contributed by atoms with Gasteiger partial charge in [0.15, 0.2) is 12.3 Å². The monoisotopic (exact) mass is 326 g/mol. The Morgan fingerprint density at radius 1 is 1.05 bits per heavy atom. The molecule has 0 rings (SSSR count). The predicted molar refractivity (Wildman–Crippen MR) is 60.4 cm³/mol. The number of ether oxygens (including phenoxy) is 1.